The zero-order valence-corrected chi connectivity index (χ0v) is 12.7. The summed E-state index contributed by atoms with van der Waals surface area (Å²) in [4.78, 5) is 1.33. The first kappa shape index (κ1) is 14.9. The quantitative estimate of drug-likeness (QED) is 0.617. The molecule has 0 bridgehead atoms. The lowest BCUT2D eigenvalue weighted by Crippen LogP contribution is -2.00. The maximum Gasteiger partial charge on any atom is 0.119 e. The summed E-state index contributed by atoms with van der Waals surface area (Å²) >= 11 is 1.88. The van der Waals surface area contributed by atoms with Gasteiger partial charge in [0, 0.05) is 17.2 Å². The molecule has 0 saturated carbocycles. The topological polar surface area (TPSA) is 35.2 Å². The van der Waals surface area contributed by atoms with Crippen LogP contribution in [-0.2, 0) is 6.54 Å². The Morgan fingerprint density at radius 3 is 2.75 bits per heavy atom. The zero-order chi connectivity index (χ0) is 14.2. The second-order valence-corrected chi connectivity index (χ2v) is 5.89. The summed E-state index contributed by atoms with van der Waals surface area (Å²) < 4.78 is 5.74. The molecule has 0 aliphatic heterocycles. The number of nitrogens with two attached hydrogens (primary N) is 1. The lowest BCUT2D eigenvalue weighted by Gasteiger charge is -2.07. The molecule has 0 saturated heterocycles. The maximum atomic E-state index is 5.74. The second kappa shape index (κ2) is 7.98. The van der Waals surface area contributed by atoms with Gasteiger partial charge >= 0.3 is 0 Å². The molecule has 0 aromatic heterocycles. The molecule has 0 radical (unpaired) electrons. The van der Waals surface area contributed by atoms with Crippen LogP contribution in [0.5, 0.6) is 5.75 Å². The van der Waals surface area contributed by atoms with Crippen molar-refractivity contribution in [2.45, 2.75) is 24.8 Å². The molecule has 0 fully saturated rings. The minimum atomic E-state index is 0.556. The predicted molar refractivity (Wildman–Crippen MR) is 86.3 cm³/mol. The van der Waals surface area contributed by atoms with E-state index in [1.54, 1.807) is 0 Å². The highest BCUT2D eigenvalue weighted by atomic mass is 32.2. The summed E-state index contributed by atoms with van der Waals surface area (Å²) in [5.74, 6) is 1.98. The fourth-order valence-electron chi connectivity index (χ4n) is 1.91. The Morgan fingerprint density at radius 2 is 1.95 bits per heavy atom. The number of thioether (sulfide) groups is 1. The fourth-order valence-corrected chi connectivity index (χ4v) is 2.85. The van der Waals surface area contributed by atoms with Crippen molar-refractivity contribution in [3.63, 3.8) is 0 Å². The van der Waals surface area contributed by atoms with E-state index >= 15 is 0 Å². The number of benzene rings is 2. The van der Waals surface area contributed by atoms with Crippen LogP contribution in [0.4, 0.5) is 0 Å². The summed E-state index contributed by atoms with van der Waals surface area (Å²) in [6.45, 7) is 3.42. The Balaban J connectivity index is 1.68. The van der Waals surface area contributed by atoms with Crippen molar-refractivity contribution in [1.82, 2.24) is 0 Å². The zero-order valence-electron chi connectivity index (χ0n) is 11.8. The van der Waals surface area contributed by atoms with Gasteiger partial charge in [-0.1, -0.05) is 29.8 Å². The van der Waals surface area contributed by atoms with Gasteiger partial charge in [-0.15, -0.1) is 11.8 Å². The van der Waals surface area contributed by atoms with E-state index in [0.717, 1.165) is 30.1 Å². The third-order valence-corrected chi connectivity index (χ3v) is 4.03. The third kappa shape index (κ3) is 4.91. The highest BCUT2D eigenvalue weighted by Crippen LogP contribution is 2.20. The van der Waals surface area contributed by atoms with E-state index in [0.29, 0.717) is 6.54 Å². The number of rotatable bonds is 7. The van der Waals surface area contributed by atoms with Crippen molar-refractivity contribution in [1.29, 1.82) is 0 Å². The smallest absolute Gasteiger partial charge is 0.119 e. The summed E-state index contributed by atoms with van der Waals surface area (Å²) in [6.07, 6.45) is 1.03. The average Bonchev–Trinajstić information content (AvgIpc) is 2.47. The summed E-state index contributed by atoms with van der Waals surface area (Å²) in [7, 11) is 0. The SMILES string of the molecule is Cc1cccc(SCCCOc2cccc(CN)c2)c1. The van der Waals surface area contributed by atoms with Crippen LogP contribution in [0.3, 0.4) is 0 Å². The van der Waals surface area contributed by atoms with Gasteiger partial charge in [-0.3, -0.25) is 0 Å². The molecule has 2 rings (SSSR count). The van der Waals surface area contributed by atoms with Crippen molar-refractivity contribution in [2.75, 3.05) is 12.4 Å². The second-order valence-electron chi connectivity index (χ2n) is 4.72. The molecule has 2 N–H and O–H groups in total. The first-order chi connectivity index (χ1) is 9.78. The van der Waals surface area contributed by atoms with Gasteiger partial charge < -0.3 is 10.5 Å². The van der Waals surface area contributed by atoms with Crippen LogP contribution in [-0.4, -0.2) is 12.4 Å². The molecule has 2 aromatic carbocycles. The minimum absolute atomic E-state index is 0.556. The standard InChI is InChI=1S/C17H21NOS/c1-14-5-2-8-17(11-14)20-10-4-9-19-16-7-3-6-15(12-16)13-18/h2-3,5-8,11-12H,4,9-10,13,18H2,1H3. The molecular weight excluding hydrogens is 266 g/mol. The van der Waals surface area contributed by atoms with Crippen molar-refractivity contribution < 1.29 is 4.74 Å². The van der Waals surface area contributed by atoms with Crippen molar-refractivity contribution >= 4 is 11.8 Å². The van der Waals surface area contributed by atoms with Gasteiger partial charge in [-0.2, -0.15) is 0 Å². The van der Waals surface area contributed by atoms with Crippen LogP contribution in [0.1, 0.15) is 17.5 Å². The van der Waals surface area contributed by atoms with Gasteiger partial charge in [0.1, 0.15) is 5.75 Å². The highest BCUT2D eigenvalue weighted by molar-refractivity contribution is 7.99. The number of hydrogen-bond donors (Lipinski definition) is 1. The summed E-state index contributed by atoms with van der Waals surface area (Å²) in [5.41, 5.74) is 8.03. The van der Waals surface area contributed by atoms with Crippen LogP contribution in [0.2, 0.25) is 0 Å². The maximum absolute atomic E-state index is 5.74. The van der Waals surface area contributed by atoms with Gasteiger partial charge in [0.25, 0.3) is 0 Å². The molecule has 0 atom stereocenters. The normalized spacial score (nSPS) is 10.5. The van der Waals surface area contributed by atoms with E-state index in [1.165, 1.54) is 10.5 Å². The molecule has 0 heterocycles. The largest absolute Gasteiger partial charge is 0.494 e. The molecule has 0 aliphatic rings. The molecule has 20 heavy (non-hydrogen) atoms. The van der Waals surface area contributed by atoms with Gasteiger partial charge in [-0.25, -0.2) is 0 Å². The van der Waals surface area contributed by atoms with Crippen LogP contribution in [0, 0.1) is 6.92 Å². The molecule has 0 unspecified atom stereocenters. The first-order valence-electron chi connectivity index (χ1n) is 6.89. The molecule has 2 aromatic rings. The van der Waals surface area contributed by atoms with E-state index in [4.69, 9.17) is 10.5 Å². The average molecular weight is 287 g/mol. The molecule has 0 spiro atoms. The van der Waals surface area contributed by atoms with E-state index in [9.17, 15) is 0 Å². The van der Waals surface area contributed by atoms with Crippen LogP contribution in [0.25, 0.3) is 0 Å². The van der Waals surface area contributed by atoms with Crippen LogP contribution < -0.4 is 10.5 Å². The van der Waals surface area contributed by atoms with Crippen molar-refractivity contribution in [2.24, 2.45) is 5.73 Å². The van der Waals surface area contributed by atoms with E-state index in [2.05, 4.69) is 31.2 Å². The molecule has 0 amide bonds. The summed E-state index contributed by atoms with van der Waals surface area (Å²) in [5, 5.41) is 0. The van der Waals surface area contributed by atoms with Crippen LogP contribution >= 0.6 is 11.8 Å². The summed E-state index contributed by atoms with van der Waals surface area (Å²) in [6, 6.07) is 16.6. The molecule has 106 valence electrons. The Morgan fingerprint density at radius 1 is 1.10 bits per heavy atom. The Kier molecular flexibility index (Phi) is 5.96. The molecule has 2 nitrogen and oxygen atoms in total. The van der Waals surface area contributed by atoms with E-state index in [1.807, 2.05) is 36.0 Å². The van der Waals surface area contributed by atoms with Crippen molar-refractivity contribution in [3.8, 4) is 5.75 Å². The van der Waals surface area contributed by atoms with Crippen LogP contribution in [0.15, 0.2) is 53.4 Å². The predicted octanol–water partition coefficient (Wildman–Crippen LogP) is 4.01. The molecule has 0 aliphatic carbocycles. The number of aryl methyl sites for hydroxylation is 1. The van der Waals surface area contributed by atoms with E-state index < -0.39 is 0 Å². The van der Waals surface area contributed by atoms with Gasteiger partial charge in [0.05, 0.1) is 6.61 Å². The lowest BCUT2D eigenvalue weighted by molar-refractivity contribution is 0.318. The Hall–Kier alpha value is -1.45. The molecular formula is C17H21NOS. The Labute approximate surface area is 125 Å². The van der Waals surface area contributed by atoms with Gasteiger partial charge in [-0.05, 0) is 43.2 Å². The van der Waals surface area contributed by atoms with E-state index in [-0.39, 0.29) is 0 Å². The third-order valence-electron chi connectivity index (χ3n) is 2.95. The van der Waals surface area contributed by atoms with Crippen molar-refractivity contribution in [3.05, 3.63) is 59.7 Å². The monoisotopic (exact) mass is 287 g/mol. The lowest BCUT2D eigenvalue weighted by atomic mass is 10.2. The van der Waals surface area contributed by atoms with Gasteiger partial charge in [0.2, 0.25) is 0 Å². The highest BCUT2D eigenvalue weighted by Gasteiger charge is 1.97. The van der Waals surface area contributed by atoms with Gasteiger partial charge in [0.15, 0.2) is 0 Å². The first-order valence-corrected chi connectivity index (χ1v) is 7.88. The minimum Gasteiger partial charge on any atom is -0.494 e. The number of hydrogen-bond acceptors (Lipinski definition) is 3. The molecule has 3 heteroatoms. The number of ether oxygens (including phenoxy) is 1. The Bertz CT molecular complexity index is 542. The fraction of sp³-hybridized carbons (Fsp3) is 0.294.